The fourth-order valence-corrected chi connectivity index (χ4v) is 2.60. The van der Waals surface area contributed by atoms with Gasteiger partial charge in [0.1, 0.15) is 11.4 Å². The first kappa shape index (κ1) is 18.1. The van der Waals surface area contributed by atoms with Crippen LogP contribution in [0.5, 0.6) is 11.6 Å². The van der Waals surface area contributed by atoms with E-state index in [0.717, 1.165) is 0 Å². The number of rotatable bonds is 5. The predicted molar refractivity (Wildman–Crippen MR) is 101 cm³/mol. The van der Waals surface area contributed by atoms with Gasteiger partial charge in [0.05, 0.1) is 21.9 Å². The molecule has 2 aromatic carbocycles. The van der Waals surface area contributed by atoms with Gasteiger partial charge >= 0.3 is 0 Å². The standard InChI is InChI=1S/C19H18N4O4/c1-12(2)18-15(19(25)22(21-18)13-6-4-3-5-7-13)11-20-16-10-14(23(26)27)8-9-17(16)24/h3-12,24-25H,1-2H3/b20-11+. The van der Waals surface area contributed by atoms with Crippen LogP contribution in [0.25, 0.3) is 5.69 Å². The smallest absolute Gasteiger partial charge is 0.271 e. The maximum Gasteiger partial charge on any atom is 0.271 e. The number of phenols is 1. The lowest BCUT2D eigenvalue weighted by Gasteiger charge is -2.02. The van der Waals surface area contributed by atoms with Crippen molar-refractivity contribution in [1.29, 1.82) is 0 Å². The summed E-state index contributed by atoms with van der Waals surface area (Å²) in [6.07, 6.45) is 1.36. The van der Waals surface area contributed by atoms with Crippen LogP contribution in [-0.2, 0) is 0 Å². The van der Waals surface area contributed by atoms with Gasteiger partial charge in [-0.1, -0.05) is 32.0 Å². The van der Waals surface area contributed by atoms with Crippen molar-refractivity contribution in [2.24, 2.45) is 4.99 Å². The minimum atomic E-state index is -0.567. The van der Waals surface area contributed by atoms with Crippen molar-refractivity contribution in [3.05, 3.63) is 69.9 Å². The predicted octanol–water partition coefficient (Wildman–Crippen LogP) is 4.07. The van der Waals surface area contributed by atoms with Gasteiger partial charge in [0.2, 0.25) is 5.88 Å². The minimum absolute atomic E-state index is 0.000943. The average molecular weight is 366 g/mol. The quantitative estimate of drug-likeness (QED) is 0.401. The lowest BCUT2D eigenvalue weighted by molar-refractivity contribution is -0.384. The van der Waals surface area contributed by atoms with E-state index in [1.807, 2.05) is 44.2 Å². The fourth-order valence-electron chi connectivity index (χ4n) is 2.60. The third kappa shape index (κ3) is 3.64. The summed E-state index contributed by atoms with van der Waals surface area (Å²) in [4.78, 5) is 14.5. The molecule has 27 heavy (non-hydrogen) atoms. The number of nitrogens with zero attached hydrogens (tertiary/aromatic N) is 4. The number of aromatic hydroxyl groups is 2. The van der Waals surface area contributed by atoms with E-state index in [0.29, 0.717) is 16.9 Å². The molecule has 0 fully saturated rings. The van der Waals surface area contributed by atoms with Crippen molar-refractivity contribution in [1.82, 2.24) is 9.78 Å². The maximum atomic E-state index is 10.9. The summed E-state index contributed by atoms with van der Waals surface area (Å²) in [6.45, 7) is 3.86. The van der Waals surface area contributed by atoms with Gasteiger partial charge in [-0.2, -0.15) is 5.10 Å². The highest BCUT2D eigenvalue weighted by Crippen LogP contribution is 2.32. The topological polar surface area (TPSA) is 114 Å². The molecule has 1 heterocycles. The Hall–Kier alpha value is -3.68. The van der Waals surface area contributed by atoms with Crippen LogP contribution in [0.3, 0.4) is 0 Å². The van der Waals surface area contributed by atoms with Gasteiger partial charge in [-0.25, -0.2) is 4.68 Å². The molecule has 0 aliphatic rings. The van der Waals surface area contributed by atoms with Crippen LogP contribution in [0.4, 0.5) is 11.4 Å². The van der Waals surface area contributed by atoms with E-state index in [9.17, 15) is 20.3 Å². The highest BCUT2D eigenvalue weighted by atomic mass is 16.6. The van der Waals surface area contributed by atoms with Crippen molar-refractivity contribution in [2.45, 2.75) is 19.8 Å². The monoisotopic (exact) mass is 366 g/mol. The van der Waals surface area contributed by atoms with Crippen LogP contribution < -0.4 is 0 Å². The summed E-state index contributed by atoms with van der Waals surface area (Å²) in [6, 6.07) is 12.7. The molecule has 0 atom stereocenters. The van der Waals surface area contributed by atoms with Gasteiger partial charge < -0.3 is 10.2 Å². The van der Waals surface area contributed by atoms with Crippen LogP contribution >= 0.6 is 0 Å². The van der Waals surface area contributed by atoms with E-state index >= 15 is 0 Å². The number of nitro groups is 1. The molecule has 2 N–H and O–H groups in total. The summed E-state index contributed by atoms with van der Waals surface area (Å²) in [5.74, 6) is -0.294. The van der Waals surface area contributed by atoms with Crippen molar-refractivity contribution in [2.75, 3.05) is 0 Å². The molecule has 3 aromatic rings. The number of non-ortho nitro benzene ring substituents is 1. The van der Waals surface area contributed by atoms with Crippen LogP contribution in [0, 0.1) is 10.1 Å². The molecule has 0 aliphatic heterocycles. The van der Waals surface area contributed by atoms with E-state index in [1.165, 1.54) is 29.1 Å². The van der Waals surface area contributed by atoms with E-state index in [4.69, 9.17) is 0 Å². The summed E-state index contributed by atoms with van der Waals surface area (Å²) in [5, 5.41) is 35.9. The number of hydrogen-bond donors (Lipinski definition) is 2. The van der Waals surface area contributed by atoms with Gasteiger partial charge in [0.25, 0.3) is 5.69 Å². The molecular weight excluding hydrogens is 348 g/mol. The van der Waals surface area contributed by atoms with Gasteiger partial charge in [0.15, 0.2) is 0 Å². The molecule has 0 radical (unpaired) electrons. The molecular formula is C19H18N4O4. The first-order valence-corrected chi connectivity index (χ1v) is 8.27. The lowest BCUT2D eigenvalue weighted by atomic mass is 10.1. The summed E-state index contributed by atoms with van der Waals surface area (Å²) in [5.41, 5.74) is 1.54. The van der Waals surface area contributed by atoms with Crippen molar-refractivity contribution >= 4 is 17.6 Å². The van der Waals surface area contributed by atoms with Gasteiger partial charge in [-0.15, -0.1) is 0 Å². The SMILES string of the molecule is CC(C)c1nn(-c2ccccc2)c(O)c1/C=N/c1cc([N+](=O)[O-])ccc1O. The van der Waals surface area contributed by atoms with Crippen molar-refractivity contribution in [3.8, 4) is 17.3 Å². The van der Waals surface area contributed by atoms with Crippen molar-refractivity contribution in [3.63, 3.8) is 0 Å². The minimum Gasteiger partial charge on any atom is -0.506 e. The second-order valence-corrected chi connectivity index (χ2v) is 6.21. The normalized spacial score (nSPS) is 11.4. The third-order valence-corrected chi connectivity index (χ3v) is 3.98. The Bertz CT molecular complexity index is 1010. The van der Waals surface area contributed by atoms with Gasteiger partial charge in [-0.3, -0.25) is 15.1 Å². The molecule has 8 heteroatoms. The van der Waals surface area contributed by atoms with Gasteiger partial charge in [0, 0.05) is 18.3 Å². The second kappa shape index (κ2) is 7.28. The largest absolute Gasteiger partial charge is 0.506 e. The first-order chi connectivity index (χ1) is 12.9. The Morgan fingerprint density at radius 1 is 1.19 bits per heavy atom. The summed E-state index contributed by atoms with van der Waals surface area (Å²) in [7, 11) is 0. The zero-order chi connectivity index (χ0) is 19.6. The Labute approximate surface area is 155 Å². The molecule has 138 valence electrons. The molecule has 0 unspecified atom stereocenters. The molecule has 0 amide bonds. The molecule has 0 saturated carbocycles. The number of benzene rings is 2. The van der Waals surface area contributed by atoms with Crippen molar-refractivity contribution < 1.29 is 15.1 Å². The van der Waals surface area contributed by atoms with Crippen LogP contribution in [0.15, 0.2) is 53.5 Å². The van der Waals surface area contributed by atoms with E-state index in [2.05, 4.69) is 10.1 Å². The van der Waals surface area contributed by atoms with E-state index in [1.54, 1.807) is 0 Å². The van der Waals surface area contributed by atoms with E-state index < -0.39 is 4.92 Å². The molecule has 8 nitrogen and oxygen atoms in total. The fraction of sp³-hybridized carbons (Fsp3) is 0.158. The Kier molecular flexibility index (Phi) is 4.89. The molecule has 0 aliphatic carbocycles. The van der Waals surface area contributed by atoms with Crippen LogP contribution in [-0.4, -0.2) is 31.1 Å². The Balaban J connectivity index is 2.07. The zero-order valence-electron chi connectivity index (χ0n) is 14.8. The number of phenolic OH excluding ortho intramolecular Hbond substituents is 1. The maximum absolute atomic E-state index is 10.9. The molecule has 0 bridgehead atoms. The third-order valence-electron chi connectivity index (χ3n) is 3.98. The molecule has 3 rings (SSSR count). The second-order valence-electron chi connectivity index (χ2n) is 6.21. The highest BCUT2D eigenvalue weighted by Gasteiger charge is 2.19. The van der Waals surface area contributed by atoms with E-state index in [-0.39, 0.29) is 28.9 Å². The molecule has 0 spiro atoms. The zero-order valence-corrected chi connectivity index (χ0v) is 14.8. The van der Waals surface area contributed by atoms with Gasteiger partial charge in [-0.05, 0) is 24.1 Å². The molecule has 1 aromatic heterocycles. The Morgan fingerprint density at radius 2 is 1.89 bits per heavy atom. The number of aliphatic imine (C=N–C) groups is 1. The summed E-state index contributed by atoms with van der Waals surface area (Å²) < 4.78 is 1.41. The number of para-hydroxylation sites is 1. The lowest BCUT2D eigenvalue weighted by Crippen LogP contribution is -1.97. The number of aromatic nitrogens is 2. The average Bonchev–Trinajstić information content (AvgIpc) is 2.98. The van der Waals surface area contributed by atoms with Crippen LogP contribution in [0.1, 0.15) is 31.0 Å². The summed E-state index contributed by atoms with van der Waals surface area (Å²) >= 11 is 0. The number of nitro benzene ring substituents is 1. The first-order valence-electron chi connectivity index (χ1n) is 8.27. The van der Waals surface area contributed by atoms with Crippen LogP contribution in [0.2, 0.25) is 0 Å². The Morgan fingerprint density at radius 3 is 2.52 bits per heavy atom. The number of hydrogen-bond acceptors (Lipinski definition) is 6. The highest BCUT2D eigenvalue weighted by molar-refractivity contribution is 5.87. The molecule has 0 saturated heterocycles.